The smallest absolute Gasteiger partial charge is 0.342 e. The molecule has 158 valence electrons. The van der Waals surface area contributed by atoms with E-state index in [0.29, 0.717) is 17.5 Å². The zero-order chi connectivity index (χ0) is 21.8. The van der Waals surface area contributed by atoms with Crippen molar-refractivity contribution in [1.29, 1.82) is 0 Å². The molecule has 0 aliphatic heterocycles. The number of ether oxygens (including phenoxy) is 1. The van der Waals surface area contributed by atoms with E-state index in [4.69, 9.17) is 4.74 Å². The molecule has 1 amide bonds. The van der Waals surface area contributed by atoms with Crippen LogP contribution in [0.1, 0.15) is 37.0 Å². The lowest BCUT2D eigenvalue weighted by Gasteiger charge is -2.24. The highest BCUT2D eigenvalue weighted by atomic mass is 32.1. The maximum Gasteiger partial charge on any atom is 0.342 e. The number of benzene rings is 1. The number of rotatable bonds is 6. The number of hydrogen-bond donors (Lipinski definition) is 2. The van der Waals surface area contributed by atoms with E-state index in [1.54, 1.807) is 43.5 Å². The molecule has 6 nitrogen and oxygen atoms in total. The Morgan fingerprint density at radius 3 is 2.37 bits per heavy atom. The van der Waals surface area contributed by atoms with Crippen LogP contribution in [0.25, 0.3) is 11.1 Å². The number of carboxylic acid groups (broad SMARTS) is 1. The van der Waals surface area contributed by atoms with Gasteiger partial charge >= 0.3 is 11.9 Å². The normalized spacial score (nSPS) is 18.3. The van der Waals surface area contributed by atoms with E-state index in [1.165, 1.54) is 12.1 Å². The summed E-state index contributed by atoms with van der Waals surface area (Å²) in [4.78, 5) is 37.2. The van der Waals surface area contributed by atoms with E-state index in [0.717, 1.165) is 11.3 Å². The summed E-state index contributed by atoms with van der Waals surface area (Å²) in [7, 11) is 0. The third-order valence-electron chi connectivity index (χ3n) is 4.82. The lowest BCUT2D eigenvalue weighted by atomic mass is 9.82. The summed E-state index contributed by atoms with van der Waals surface area (Å²) in [6, 6.07) is 5.66. The molecular weight excluding hydrogens is 409 g/mol. The highest BCUT2D eigenvalue weighted by Gasteiger charge is 2.35. The summed E-state index contributed by atoms with van der Waals surface area (Å²) in [5, 5.41) is 14.1. The van der Waals surface area contributed by atoms with Crippen LogP contribution >= 0.6 is 11.3 Å². The van der Waals surface area contributed by atoms with E-state index in [2.05, 4.69) is 5.32 Å². The molecule has 1 heterocycles. The lowest BCUT2D eigenvalue weighted by Crippen LogP contribution is -2.34. The van der Waals surface area contributed by atoms with Crippen LogP contribution in [0, 0.1) is 17.7 Å². The molecule has 3 rings (SSSR count). The number of amides is 1. The van der Waals surface area contributed by atoms with Crippen LogP contribution in [-0.2, 0) is 14.3 Å². The highest BCUT2D eigenvalue weighted by molar-refractivity contribution is 7.15. The predicted molar refractivity (Wildman–Crippen MR) is 112 cm³/mol. The zero-order valence-corrected chi connectivity index (χ0v) is 17.4. The van der Waals surface area contributed by atoms with Gasteiger partial charge in [-0.2, -0.15) is 0 Å². The number of allylic oxidation sites excluding steroid dienone is 2. The van der Waals surface area contributed by atoms with Gasteiger partial charge in [-0.3, -0.25) is 9.59 Å². The second-order valence-corrected chi connectivity index (χ2v) is 8.18. The van der Waals surface area contributed by atoms with Gasteiger partial charge in [0.1, 0.15) is 16.4 Å². The van der Waals surface area contributed by atoms with Gasteiger partial charge in [-0.25, -0.2) is 9.18 Å². The standard InChI is InChI=1S/C22H22FNO5S/c1-12(2)29-22(28)18-17(13-7-9-14(23)10-8-13)11-30-20(18)24-19(25)15-5-3-4-6-16(15)21(26)27/h3-4,7-12,15-16H,5-6H2,1-2H3,(H,24,25)(H,26,27). The molecule has 2 atom stereocenters. The van der Waals surface area contributed by atoms with Crippen molar-refractivity contribution in [3.63, 3.8) is 0 Å². The fourth-order valence-electron chi connectivity index (χ4n) is 3.35. The Morgan fingerprint density at radius 2 is 1.77 bits per heavy atom. The van der Waals surface area contributed by atoms with Crippen LogP contribution in [0.15, 0.2) is 41.8 Å². The highest BCUT2D eigenvalue weighted by Crippen LogP contribution is 2.37. The van der Waals surface area contributed by atoms with Gasteiger partial charge in [0.25, 0.3) is 0 Å². The summed E-state index contributed by atoms with van der Waals surface area (Å²) >= 11 is 1.14. The summed E-state index contributed by atoms with van der Waals surface area (Å²) in [6.45, 7) is 3.43. The molecule has 0 bridgehead atoms. The van der Waals surface area contributed by atoms with Gasteiger partial charge in [0, 0.05) is 10.9 Å². The summed E-state index contributed by atoms with van der Waals surface area (Å²) < 4.78 is 18.7. The molecule has 8 heteroatoms. The van der Waals surface area contributed by atoms with E-state index >= 15 is 0 Å². The second-order valence-electron chi connectivity index (χ2n) is 7.30. The molecule has 0 radical (unpaired) electrons. The Morgan fingerprint density at radius 1 is 1.13 bits per heavy atom. The van der Waals surface area contributed by atoms with Gasteiger partial charge in [-0.05, 0) is 44.4 Å². The van der Waals surface area contributed by atoms with Crippen molar-refractivity contribution in [1.82, 2.24) is 0 Å². The maximum absolute atomic E-state index is 13.3. The first-order valence-corrected chi connectivity index (χ1v) is 10.4. The Labute approximate surface area is 177 Å². The number of nitrogens with one attached hydrogen (secondary N) is 1. The number of aliphatic carboxylic acids is 1. The summed E-state index contributed by atoms with van der Waals surface area (Å²) in [5.41, 5.74) is 1.29. The van der Waals surface area contributed by atoms with Crippen molar-refractivity contribution >= 4 is 34.2 Å². The van der Waals surface area contributed by atoms with Crippen LogP contribution in [0.5, 0.6) is 0 Å². The minimum Gasteiger partial charge on any atom is -0.481 e. The van der Waals surface area contributed by atoms with Crippen molar-refractivity contribution in [2.24, 2.45) is 11.8 Å². The fourth-order valence-corrected chi connectivity index (χ4v) is 4.31. The number of esters is 1. The number of halogens is 1. The first kappa shape index (κ1) is 21.7. The number of carbonyl (C=O) groups excluding carboxylic acids is 2. The first-order valence-electron chi connectivity index (χ1n) is 9.55. The number of carboxylic acids is 1. The molecule has 1 aliphatic carbocycles. The van der Waals surface area contributed by atoms with Crippen molar-refractivity contribution in [3.05, 3.63) is 53.2 Å². The zero-order valence-electron chi connectivity index (χ0n) is 16.6. The second kappa shape index (κ2) is 9.21. The van der Waals surface area contributed by atoms with Crippen molar-refractivity contribution in [2.75, 3.05) is 5.32 Å². The SMILES string of the molecule is CC(C)OC(=O)c1c(-c2ccc(F)cc2)csc1NC(=O)C1CC=CCC1C(=O)O. The first-order chi connectivity index (χ1) is 14.3. The quantitative estimate of drug-likeness (QED) is 0.510. The number of carbonyl (C=O) groups is 3. The fraction of sp³-hybridized carbons (Fsp3) is 0.318. The van der Waals surface area contributed by atoms with Crippen LogP contribution in [0.2, 0.25) is 0 Å². The number of hydrogen-bond acceptors (Lipinski definition) is 5. The predicted octanol–water partition coefficient (Wildman–Crippen LogP) is 4.72. The average molecular weight is 431 g/mol. The Balaban J connectivity index is 1.95. The topological polar surface area (TPSA) is 92.7 Å². The van der Waals surface area contributed by atoms with E-state index in [1.807, 2.05) is 0 Å². The van der Waals surface area contributed by atoms with Crippen LogP contribution in [-0.4, -0.2) is 29.1 Å². The van der Waals surface area contributed by atoms with E-state index in [9.17, 15) is 23.9 Å². The minimum absolute atomic E-state index is 0.173. The minimum atomic E-state index is -1.03. The third-order valence-corrected chi connectivity index (χ3v) is 5.71. The molecule has 2 unspecified atom stereocenters. The Kier molecular flexibility index (Phi) is 6.66. The Hall–Kier alpha value is -3.00. The van der Waals surface area contributed by atoms with Gasteiger partial charge in [-0.15, -0.1) is 11.3 Å². The number of thiophene rings is 1. The van der Waals surface area contributed by atoms with Gasteiger partial charge in [-0.1, -0.05) is 24.3 Å². The number of anilines is 1. The molecule has 2 N–H and O–H groups in total. The van der Waals surface area contributed by atoms with Gasteiger partial charge < -0.3 is 15.2 Å². The molecule has 0 saturated heterocycles. The summed E-state index contributed by atoms with van der Waals surface area (Å²) in [5.74, 6) is -4.07. The molecule has 1 aromatic carbocycles. The molecule has 1 aromatic heterocycles. The molecule has 0 spiro atoms. The van der Waals surface area contributed by atoms with Gasteiger partial charge in [0.2, 0.25) is 5.91 Å². The monoisotopic (exact) mass is 431 g/mol. The Bertz CT molecular complexity index is 980. The van der Waals surface area contributed by atoms with E-state index in [-0.39, 0.29) is 23.1 Å². The van der Waals surface area contributed by atoms with Gasteiger partial charge in [0.05, 0.1) is 17.9 Å². The molecule has 0 saturated carbocycles. The molecule has 1 aliphatic rings. The third kappa shape index (κ3) is 4.76. The van der Waals surface area contributed by atoms with Gasteiger partial charge in [0.15, 0.2) is 0 Å². The lowest BCUT2D eigenvalue weighted by molar-refractivity contribution is -0.146. The van der Waals surface area contributed by atoms with Crippen LogP contribution in [0.4, 0.5) is 9.39 Å². The largest absolute Gasteiger partial charge is 0.481 e. The maximum atomic E-state index is 13.3. The molecular formula is C22H22FNO5S. The van der Waals surface area contributed by atoms with Crippen molar-refractivity contribution < 1.29 is 28.6 Å². The average Bonchev–Trinajstić information content (AvgIpc) is 3.11. The molecule has 2 aromatic rings. The van der Waals surface area contributed by atoms with Crippen LogP contribution in [0.3, 0.4) is 0 Å². The van der Waals surface area contributed by atoms with E-state index < -0.39 is 35.5 Å². The van der Waals surface area contributed by atoms with Crippen molar-refractivity contribution in [3.8, 4) is 11.1 Å². The molecule has 0 fully saturated rings. The van der Waals surface area contributed by atoms with Crippen molar-refractivity contribution in [2.45, 2.75) is 32.8 Å². The summed E-state index contributed by atoms with van der Waals surface area (Å²) in [6.07, 6.45) is 3.76. The molecule has 30 heavy (non-hydrogen) atoms. The van der Waals surface area contributed by atoms with Crippen LogP contribution < -0.4 is 5.32 Å².